The number of ether oxygens (including phenoxy) is 1. The Hall–Kier alpha value is -1.16. The Kier molecular flexibility index (Phi) is 5.38. The van der Waals surface area contributed by atoms with E-state index in [4.69, 9.17) is 4.74 Å². The first-order valence-electron chi connectivity index (χ1n) is 8.45. The molecule has 1 aliphatic heterocycles. The third-order valence-electron chi connectivity index (χ3n) is 4.81. The van der Waals surface area contributed by atoms with Crippen LogP contribution in [-0.4, -0.2) is 53.1 Å². The maximum absolute atomic E-state index is 12.3. The molecule has 0 amide bonds. The van der Waals surface area contributed by atoms with Crippen molar-refractivity contribution in [2.24, 2.45) is 5.92 Å². The third kappa shape index (κ3) is 4.33. The topological polar surface area (TPSA) is 92.8 Å². The van der Waals surface area contributed by atoms with Crippen LogP contribution in [0.25, 0.3) is 0 Å². The lowest BCUT2D eigenvalue weighted by Gasteiger charge is -2.31. The minimum absolute atomic E-state index is 0.152. The highest BCUT2D eigenvalue weighted by molar-refractivity contribution is 7.90. The predicted molar refractivity (Wildman–Crippen MR) is 94.4 cm³/mol. The molecule has 9 heteroatoms. The number of hydrogen-bond donors (Lipinski definition) is 1. The van der Waals surface area contributed by atoms with E-state index in [1.165, 1.54) is 19.2 Å². The van der Waals surface area contributed by atoms with Crippen LogP contribution in [0.1, 0.15) is 25.7 Å². The smallest absolute Gasteiger partial charge is 0.240 e. The van der Waals surface area contributed by atoms with Crippen LogP contribution in [0.15, 0.2) is 29.2 Å². The fourth-order valence-electron chi connectivity index (χ4n) is 3.01. The summed E-state index contributed by atoms with van der Waals surface area (Å²) >= 11 is 0. The molecule has 2 aliphatic rings. The number of rotatable bonds is 7. The molecule has 1 heterocycles. The predicted octanol–water partition coefficient (Wildman–Crippen LogP) is 1.18. The SMILES string of the molecule is COc1ccc(S(=O)(=O)NCC2CCN(S(=O)(=O)C3CC3)CC2)cc1. The minimum Gasteiger partial charge on any atom is -0.497 e. The second kappa shape index (κ2) is 7.22. The summed E-state index contributed by atoms with van der Waals surface area (Å²) in [6, 6.07) is 6.23. The lowest BCUT2D eigenvalue weighted by atomic mass is 9.99. The number of hydrogen-bond acceptors (Lipinski definition) is 5. The van der Waals surface area contributed by atoms with Crippen molar-refractivity contribution in [1.29, 1.82) is 0 Å². The van der Waals surface area contributed by atoms with Crippen molar-refractivity contribution in [3.63, 3.8) is 0 Å². The Balaban J connectivity index is 1.52. The van der Waals surface area contributed by atoms with Gasteiger partial charge in [0.2, 0.25) is 20.0 Å². The van der Waals surface area contributed by atoms with Crippen LogP contribution in [0.4, 0.5) is 0 Å². The number of methoxy groups -OCH3 is 1. The average molecular weight is 389 g/mol. The van der Waals surface area contributed by atoms with Crippen molar-refractivity contribution in [3.8, 4) is 5.75 Å². The number of piperidine rings is 1. The molecule has 0 atom stereocenters. The standard InChI is InChI=1S/C16H24N2O5S2/c1-23-14-2-4-15(5-3-14)24(19,20)17-12-13-8-10-18(11-9-13)25(21,22)16-6-7-16/h2-5,13,16-17H,6-12H2,1H3. The van der Waals surface area contributed by atoms with Gasteiger partial charge in [-0.3, -0.25) is 0 Å². The van der Waals surface area contributed by atoms with Gasteiger partial charge in [0.1, 0.15) is 5.75 Å². The second-order valence-electron chi connectivity index (χ2n) is 6.61. The van der Waals surface area contributed by atoms with E-state index in [9.17, 15) is 16.8 Å². The molecule has 25 heavy (non-hydrogen) atoms. The average Bonchev–Trinajstić information content (AvgIpc) is 3.46. The maximum atomic E-state index is 12.3. The Morgan fingerprint density at radius 2 is 1.64 bits per heavy atom. The molecular weight excluding hydrogens is 364 g/mol. The Morgan fingerprint density at radius 1 is 1.04 bits per heavy atom. The largest absolute Gasteiger partial charge is 0.497 e. The molecule has 1 aromatic carbocycles. The Bertz CT molecular complexity index is 793. The highest BCUT2D eigenvalue weighted by atomic mass is 32.2. The zero-order chi connectivity index (χ0) is 18.1. The zero-order valence-corrected chi connectivity index (χ0v) is 15.9. The molecular formula is C16H24N2O5S2. The summed E-state index contributed by atoms with van der Waals surface area (Å²) in [7, 11) is -5.16. The van der Waals surface area contributed by atoms with E-state index in [2.05, 4.69) is 4.72 Å². The van der Waals surface area contributed by atoms with E-state index in [1.807, 2.05) is 0 Å². The summed E-state index contributed by atoms with van der Waals surface area (Å²) in [5, 5.41) is -0.183. The zero-order valence-electron chi connectivity index (χ0n) is 14.2. The Labute approximate surface area is 149 Å². The molecule has 0 bridgehead atoms. The quantitative estimate of drug-likeness (QED) is 0.757. The van der Waals surface area contributed by atoms with Crippen molar-refractivity contribution >= 4 is 20.0 Å². The monoisotopic (exact) mass is 388 g/mol. The van der Waals surface area contributed by atoms with Crippen LogP contribution in [-0.2, 0) is 20.0 Å². The number of nitrogens with zero attached hydrogens (tertiary/aromatic N) is 1. The summed E-state index contributed by atoms with van der Waals surface area (Å²) in [5.74, 6) is 0.752. The molecule has 0 unspecified atom stereocenters. The third-order valence-corrected chi connectivity index (χ3v) is 8.65. The summed E-state index contributed by atoms with van der Waals surface area (Å²) in [6.45, 7) is 1.28. The van der Waals surface area contributed by atoms with Crippen molar-refractivity contribution in [3.05, 3.63) is 24.3 Å². The molecule has 1 saturated carbocycles. The van der Waals surface area contributed by atoms with Crippen LogP contribution in [0.5, 0.6) is 5.75 Å². The van der Waals surface area contributed by atoms with Crippen LogP contribution < -0.4 is 9.46 Å². The van der Waals surface area contributed by atoms with E-state index in [-0.39, 0.29) is 16.1 Å². The van der Waals surface area contributed by atoms with Gasteiger partial charge < -0.3 is 4.74 Å². The fourth-order valence-corrected chi connectivity index (χ4v) is 6.00. The summed E-state index contributed by atoms with van der Waals surface area (Å²) in [6.07, 6.45) is 2.89. The molecule has 1 aliphatic carbocycles. The lowest BCUT2D eigenvalue weighted by molar-refractivity contribution is 0.274. The van der Waals surface area contributed by atoms with Crippen LogP contribution >= 0.6 is 0 Å². The van der Waals surface area contributed by atoms with Gasteiger partial charge in [0, 0.05) is 19.6 Å². The van der Waals surface area contributed by atoms with E-state index >= 15 is 0 Å². The van der Waals surface area contributed by atoms with Crippen molar-refractivity contribution in [2.45, 2.75) is 35.8 Å². The van der Waals surface area contributed by atoms with Crippen LogP contribution in [0.2, 0.25) is 0 Å². The van der Waals surface area contributed by atoms with Gasteiger partial charge in [-0.25, -0.2) is 25.9 Å². The van der Waals surface area contributed by atoms with Crippen LogP contribution in [0.3, 0.4) is 0 Å². The highest BCUT2D eigenvalue weighted by Gasteiger charge is 2.41. The first-order valence-corrected chi connectivity index (χ1v) is 11.4. The first-order chi connectivity index (χ1) is 11.8. The molecule has 0 aromatic heterocycles. The van der Waals surface area contributed by atoms with E-state index in [0.29, 0.717) is 38.2 Å². The van der Waals surface area contributed by atoms with Crippen LogP contribution in [0, 0.1) is 5.92 Å². The van der Waals surface area contributed by atoms with Crippen molar-refractivity contribution in [2.75, 3.05) is 26.7 Å². The molecule has 3 rings (SSSR count). The van der Waals surface area contributed by atoms with Gasteiger partial charge in [0.25, 0.3) is 0 Å². The van der Waals surface area contributed by atoms with Gasteiger partial charge in [0.05, 0.1) is 17.3 Å². The van der Waals surface area contributed by atoms with Crippen molar-refractivity contribution < 1.29 is 21.6 Å². The molecule has 0 spiro atoms. The molecule has 0 radical (unpaired) electrons. The van der Waals surface area contributed by atoms with Gasteiger partial charge in [-0.05, 0) is 55.9 Å². The minimum atomic E-state index is -3.57. The molecule has 1 saturated heterocycles. The highest BCUT2D eigenvalue weighted by Crippen LogP contribution is 2.33. The van der Waals surface area contributed by atoms with Gasteiger partial charge in [-0.15, -0.1) is 0 Å². The fraction of sp³-hybridized carbons (Fsp3) is 0.625. The lowest BCUT2D eigenvalue weighted by Crippen LogP contribution is -2.42. The first kappa shape index (κ1) is 18.6. The van der Waals surface area contributed by atoms with E-state index < -0.39 is 20.0 Å². The normalized spacial score (nSPS) is 20.5. The summed E-state index contributed by atoms with van der Waals surface area (Å²) in [4.78, 5) is 0.196. The van der Waals surface area contributed by atoms with Gasteiger partial charge >= 0.3 is 0 Å². The molecule has 1 aromatic rings. The number of nitrogens with one attached hydrogen (secondary N) is 1. The molecule has 2 fully saturated rings. The molecule has 140 valence electrons. The van der Waals surface area contributed by atoms with Gasteiger partial charge in [0.15, 0.2) is 0 Å². The summed E-state index contributed by atoms with van der Waals surface area (Å²) in [5.41, 5.74) is 0. The molecule has 1 N–H and O–H groups in total. The van der Waals surface area contributed by atoms with E-state index in [0.717, 1.165) is 12.8 Å². The van der Waals surface area contributed by atoms with Gasteiger partial charge in [-0.1, -0.05) is 0 Å². The maximum Gasteiger partial charge on any atom is 0.240 e. The Morgan fingerprint density at radius 3 is 2.16 bits per heavy atom. The van der Waals surface area contributed by atoms with E-state index in [1.54, 1.807) is 16.4 Å². The van der Waals surface area contributed by atoms with Crippen molar-refractivity contribution in [1.82, 2.24) is 9.03 Å². The second-order valence-corrected chi connectivity index (χ2v) is 10.6. The van der Waals surface area contributed by atoms with Gasteiger partial charge in [-0.2, -0.15) is 0 Å². The molecule has 7 nitrogen and oxygen atoms in total. The summed E-state index contributed by atoms with van der Waals surface area (Å²) < 4.78 is 58.3. The number of sulfonamides is 2. The number of benzene rings is 1.